The van der Waals surface area contributed by atoms with Crippen molar-refractivity contribution >= 4 is 11.7 Å². The number of halogens is 1. The normalized spacial score (nSPS) is 10.7. The smallest absolute Gasteiger partial charge is 0.335 e. The lowest BCUT2D eigenvalue weighted by atomic mass is 10.0. The molecular formula is C17H18FNO2. The molecule has 0 bridgehead atoms. The van der Waals surface area contributed by atoms with Crippen LogP contribution in [0, 0.1) is 5.82 Å². The molecule has 0 atom stereocenters. The highest BCUT2D eigenvalue weighted by Gasteiger charge is 2.08. The molecule has 4 heteroatoms. The minimum absolute atomic E-state index is 0.0639. The van der Waals surface area contributed by atoms with Crippen LogP contribution in [0.15, 0.2) is 42.5 Å². The monoisotopic (exact) mass is 287 g/mol. The fourth-order valence-electron chi connectivity index (χ4n) is 2.01. The van der Waals surface area contributed by atoms with E-state index in [0.29, 0.717) is 12.5 Å². The standard InChI is InChI=1S/C17H18FNO2/c1-11(2)13-5-3-12(4-6-13)10-19-16-9-14(17(20)21)7-8-15(16)18/h3-9,11,19H,10H2,1-2H3,(H,20,21). The summed E-state index contributed by atoms with van der Waals surface area (Å²) in [6, 6.07) is 11.8. The average Bonchev–Trinajstić information content (AvgIpc) is 2.46. The Labute approximate surface area is 123 Å². The molecule has 0 heterocycles. The van der Waals surface area contributed by atoms with Gasteiger partial charge in [0.25, 0.3) is 0 Å². The van der Waals surface area contributed by atoms with Gasteiger partial charge in [0, 0.05) is 6.54 Å². The summed E-state index contributed by atoms with van der Waals surface area (Å²) in [5.74, 6) is -1.06. The van der Waals surface area contributed by atoms with Crippen molar-refractivity contribution in [3.8, 4) is 0 Å². The highest BCUT2D eigenvalue weighted by atomic mass is 19.1. The molecule has 2 rings (SSSR count). The number of aromatic carboxylic acids is 1. The molecule has 2 N–H and O–H groups in total. The number of hydrogen-bond acceptors (Lipinski definition) is 2. The summed E-state index contributed by atoms with van der Waals surface area (Å²) in [6.45, 7) is 4.69. The van der Waals surface area contributed by atoms with Gasteiger partial charge in [-0.05, 0) is 35.2 Å². The van der Waals surface area contributed by atoms with Gasteiger partial charge in [-0.25, -0.2) is 9.18 Å². The first-order valence-corrected chi connectivity index (χ1v) is 6.83. The van der Waals surface area contributed by atoms with Crippen molar-refractivity contribution in [1.29, 1.82) is 0 Å². The molecule has 2 aromatic rings. The van der Waals surface area contributed by atoms with Gasteiger partial charge in [-0.2, -0.15) is 0 Å². The van der Waals surface area contributed by atoms with Gasteiger partial charge in [-0.1, -0.05) is 38.1 Å². The predicted octanol–water partition coefficient (Wildman–Crippen LogP) is 4.26. The molecular weight excluding hydrogens is 269 g/mol. The Bertz CT molecular complexity index is 636. The Morgan fingerprint density at radius 3 is 2.43 bits per heavy atom. The lowest BCUT2D eigenvalue weighted by molar-refractivity contribution is 0.0697. The highest BCUT2D eigenvalue weighted by Crippen LogP contribution is 2.19. The fourth-order valence-corrected chi connectivity index (χ4v) is 2.01. The van der Waals surface area contributed by atoms with Crippen LogP contribution < -0.4 is 5.32 Å². The van der Waals surface area contributed by atoms with E-state index < -0.39 is 11.8 Å². The molecule has 0 saturated carbocycles. The second kappa shape index (κ2) is 6.39. The summed E-state index contributed by atoms with van der Waals surface area (Å²) in [4.78, 5) is 10.9. The van der Waals surface area contributed by atoms with E-state index in [1.54, 1.807) is 0 Å². The lowest BCUT2D eigenvalue weighted by Crippen LogP contribution is -2.04. The van der Waals surface area contributed by atoms with E-state index in [4.69, 9.17) is 5.11 Å². The number of anilines is 1. The maximum Gasteiger partial charge on any atom is 0.335 e. The number of carboxylic acid groups (broad SMARTS) is 1. The molecule has 110 valence electrons. The van der Waals surface area contributed by atoms with Crippen LogP contribution in [-0.2, 0) is 6.54 Å². The number of carboxylic acids is 1. The molecule has 3 nitrogen and oxygen atoms in total. The number of rotatable bonds is 5. The molecule has 0 aromatic heterocycles. The molecule has 0 radical (unpaired) electrons. The first kappa shape index (κ1) is 15.0. The minimum Gasteiger partial charge on any atom is -0.478 e. The summed E-state index contributed by atoms with van der Waals surface area (Å²) in [7, 11) is 0. The highest BCUT2D eigenvalue weighted by molar-refractivity contribution is 5.88. The quantitative estimate of drug-likeness (QED) is 0.864. The third-order valence-electron chi connectivity index (χ3n) is 3.34. The van der Waals surface area contributed by atoms with Crippen LogP contribution in [0.3, 0.4) is 0 Å². The van der Waals surface area contributed by atoms with Crippen LogP contribution >= 0.6 is 0 Å². The van der Waals surface area contributed by atoms with Crippen LogP contribution in [0.25, 0.3) is 0 Å². The lowest BCUT2D eigenvalue weighted by Gasteiger charge is -2.10. The first-order valence-electron chi connectivity index (χ1n) is 6.83. The van der Waals surface area contributed by atoms with Crippen molar-refractivity contribution in [2.75, 3.05) is 5.32 Å². The number of nitrogens with one attached hydrogen (secondary N) is 1. The van der Waals surface area contributed by atoms with Gasteiger partial charge in [-0.3, -0.25) is 0 Å². The van der Waals surface area contributed by atoms with Crippen LogP contribution in [0.2, 0.25) is 0 Å². The Hall–Kier alpha value is -2.36. The summed E-state index contributed by atoms with van der Waals surface area (Å²) < 4.78 is 13.7. The molecule has 0 spiro atoms. The number of hydrogen-bond donors (Lipinski definition) is 2. The van der Waals surface area contributed by atoms with Crippen LogP contribution in [-0.4, -0.2) is 11.1 Å². The van der Waals surface area contributed by atoms with E-state index in [1.165, 1.54) is 17.7 Å². The van der Waals surface area contributed by atoms with E-state index in [1.807, 2.05) is 24.3 Å². The van der Waals surface area contributed by atoms with Crippen LogP contribution in [0.5, 0.6) is 0 Å². The fraction of sp³-hybridized carbons (Fsp3) is 0.235. The minimum atomic E-state index is -1.07. The molecule has 2 aromatic carbocycles. The SMILES string of the molecule is CC(C)c1ccc(CNc2cc(C(=O)O)ccc2F)cc1. The summed E-state index contributed by atoms with van der Waals surface area (Å²) >= 11 is 0. The zero-order valence-corrected chi connectivity index (χ0v) is 12.1. The first-order chi connectivity index (χ1) is 9.97. The Morgan fingerprint density at radius 1 is 1.19 bits per heavy atom. The number of benzene rings is 2. The Balaban J connectivity index is 2.09. The Morgan fingerprint density at radius 2 is 1.86 bits per heavy atom. The van der Waals surface area contributed by atoms with Crippen molar-refractivity contribution in [2.45, 2.75) is 26.3 Å². The summed E-state index contributed by atoms with van der Waals surface area (Å²) in [6.07, 6.45) is 0. The van der Waals surface area contributed by atoms with E-state index in [9.17, 15) is 9.18 Å². The average molecular weight is 287 g/mol. The van der Waals surface area contributed by atoms with Gasteiger partial charge in [-0.15, -0.1) is 0 Å². The van der Waals surface area contributed by atoms with E-state index >= 15 is 0 Å². The summed E-state index contributed by atoms with van der Waals surface area (Å²) in [5.41, 5.74) is 2.52. The largest absolute Gasteiger partial charge is 0.478 e. The maximum atomic E-state index is 13.7. The maximum absolute atomic E-state index is 13.7. The molecule has 0 fully saturated rings. The molecule has 0 aliphatic heterocycles. The van der Waals surface area contributed by atoms with Crippen molar-refractivity contribution in [3.05, 3.63) is 65.0 Å². The molecule has 0 aliphatic carbocycles. The van der Waals surface area contributed by atoms with Crippen LogP contribution in [0.4, 0.5) is 10.1 Å². The molecule has 0 unspecified atom stereocenters. The zero-order valence-electron chi connectivity index (χ0n) is 12.1. The Kier molecular flexibility index (Phi) is 4.58. The molecule has 0 amide bonds. The van der Waals surface area contributed by atoms with Gasteiger partial charge in [0.2, 0.25) is 0 Å². The molecule has 21 heavy (non-hydrogen) atoms. The van der Waals surface area contributed by atoms with E-state index in [0.717, 1.165) is 11.6 Å². The van der Waals surface area contributed by atoms with Gasteiger partial charge in [0.05, 0.1) is 11.3 Å². The summed E-state index contributed by atoms with van der Waals surface area (Å²) in [5, 5.41) is 11.9. The predicted molar refractivity (Wildman–Crippen MR) is 81.2 cm³/mol. The van der Waals surface area contributed by atoms with Crippen molar-refractivity contribution in [1.82, 2.24) is 0 Å². The van der Waals surface area contributed by atoms with Gasteiger partial charge < -0.3 is 10.4 Å². The third kappa shape index (κ3) is 3.81. The van der Waals surface area contributed by atoms with E-state index in [2.05, 4.69) is 19.2 Å². The van der Waals surface area contributed by atoms with Crippen molar-refractivity contribution < 1.29 is 14.3 Å². The van der Waals surface area contributed by atoms with Crippen molar-refractivity contribution in [3.63, 3.8) is 0 Å². The van der Waals surface area contributed by atoms with Gasteiger partial charge >= 0.3 is 5.97 Å². The van der Waals surface area contributed by atoms with Gasteiger partial charge in [0.1, 0.15) is 5.82 Å². The second-order valence-electron chi connectivity index (χ2n) is 5.25. The van der Waals surface area contributed by atoms with Gasteiger partial charge in [0.15, 0.2) is 0 Å². The molecule has 0 saturated heterocycles. The van der Waals surface area contributed by atoms with Crippen molar-refractivity contribution in [2.24, 2.45) is 0 Å². The zero-order chi connectivity index (χ0) is 15.4. The van der Waals surface area contributed by atoms with E-state index in [-0.39, 0.29) is 11.3 Å². The number of carbonyl (C=O) groups is 1. The second-order valence-corrected chi connectivity index (χ2v) is 5.25. The topological polar surface area (TPSA) is 49.3 Å². The van der Waals surface area contributed by atoms with Crippen LogP contribution in [0.1, 0.15) is 41.3 Å². The molecule has 0 aliphatic rings. The third-order valence-corrected chi connectivity index (χ3v) is 3.34.